The van der Waals surface area contributed by atoms with Gasteiger partial charge in [0.15, 0.2) is 0 Å². The molecule has 1 atom stereocenters. The Hall–Kier alpha value is -0.0400. The summed E-state index contributed by atoms with van der Waals surface area (Å²) < 4.78 is 0. The summed E-state index contributed by atoms with van der Waals surface area (Å²) in [6, 6.07) is 0. The molecule has 86 valence electrons. The lowest BCUT2D eigenvalue weighted by molar-refractivity contribution is 0.0930. The molecule has 1 nitrogen and oxygen atoms in total. The fourth-order valence-corrected chi connectivity index (χ4v) is 2.00. The second kappa shape index (κ2) is 8.28. The molecule has 0 aliphatic heterocycles. The van der Waals surface area contributed by atoms with Crippen LogP contribution in [0.5, 0.6) is 0 Å². The van der Waals surface area contributed by atoms with Crippen molar-refractivity contribution >= 4 is 0 Å². The molecule has 1 saturated carbocycles. The van der Waals surface area contributed by atoms with E-state index in [-0.39, 0.29) is 6.10 Å². The van der Waals surface area contributed by atoms with Crippen LogP contribution in [0.15, 0.2) is 0 Å². The van der Waals surface area contributed by atoms with Crippen molar-refractivity contribution in [3.63, 3.8) is 0 Å². The van der Waals surface area contributed by atoms with Gasteiger partial charge in [-0.1, -0.05) is 40.5 Å². The molecule has 0 bridgehead atoms. The van der Waals surface area contributed by atoms with Gasteiger partial charge in [0, 0.05) is 0 Å². The number of hydrogen-bond donors (Lipinski definition) is 1. The Morgan fingerprint density at radius 2 is 1.50 bits per heavy atom. The van der Waals surface area contributed by atoms with Crippen LogP contribution < -0.4 is 0 Å². The van der Waals surface area contributed by atoms with E-state index in [9.17, 15) is 5.11 Å². The number of aliphatic hydroxyl groups excluding tert-OH is 1. The second-order valence-corrected chi connectivity index (χ2v) is 4.66. The zero-order chi connectivity index (χ0) is 11.0. The van der Waals surface area contributed by atoms with E-state index in [1.165, 1.54) is 25.7 Å². The Morgan fingerprint density at radius 1 is 1.07 bits per heavy atom. The largest absolute Gasteiger partial charge is 0.393 e. The third kappa shape index (κ3) is 5.64. The van der Waals surface area contributed by atoms with E-state index in [2.05, 4.69) is 27.7 Å². The topological polar surface area (TPSA) is 20.2 Å². The highest BCUT2D eigenvalue weighted by Crippen LogP contribution is 2.31. The molecule has 14 heavy (non-hydrogen) atoms. The van der Waals surface area contributed by atoms with Crippen molar-refractivity contribution in [3.8, 4) is 0 Å². The Morgan fingerprint density at radius 3 is 1.86 bits per heavy atom. The molecule has 1 fully saturated rings. The summed E-state index contributed by atoms with van der Waals surface area (Å²) in [5.74, 6) is 1.76. The maximum Gasteiger partial charge on any atom is 0.0540 e. The maximum atomic E-state index is 9.28. The third-order valence-corrected chi connectivity index (χ3v) is 3.19. The van der Waals surface area contributed by atoms with Crippen LogP contribution in [0.1, 0.15) is 66.2 Å². The lowest BCUT2D eigenvalue weighted by Crippen LogP contribution is -2.22. The van der Waals surface area contributed by atoms with Crippen molar-refractivity contribution in [2.24, 2.45) is 11.8 Å². The van der Waals surface area contributed by atoms with Crippen LogP contribution >= 0.6 is 0 Å². The molecule has 0 saturated heterocycles. The van der Waals surface area contributed by atoms with Crippen LogP contribution in [-0.4, -0.2) is 11.2 Å². The lowest BCUT2D eigenvalue weighted by atomic mass is 9.79. The molecule has 0 amide bonds. The molecule has 1 unspecified atom stereocenters. The fourth-order valence-electron chi connectivity index (χ4n) is 2.00. The van der Waals surface area contributed by atoms with Crippen molar-refractivity contribution in [1.82, 2.24) is 0 Å². The van der Waals surface area contributed by atoms with E-state index >= 15 is 0 Å². The van der Waals surface area contributed by atoms with E-state index < -0.39 is 0 Å². The van der Waals surface area contributed by atoms with Crippen molar-refractivity contribution in [3.05, 3.63) is 0 Å². The van der Waals surface area contributed by atoms with Gasteiger partial charge in [0.2, 0.25) is 0 Å². The summed E-state index contributed by atoms with van der Waals surface area (Å²) in [5.41, 5.74) is 0. The summed E-state index contributed by atoms with van der Waals surface area (Å²) in [6.07, 6.45) is 7.12. The second-order valence-electron chi connectivity index (χ2n) is 4.66. The fraction of sp³-hybridized carbons (Fsp3) is 1.00. The van der Waals surface area contributed by atoms with Gasteiger partial charge in [-0.25, -0.2) is 0 Å². The molecule has 0 aromatic carbocycles. The highest BCUT2D eigenvalue weighted by molar-refractivity contribution is 4.74. The highest BCUT2D eigenvalue weighted by Gasteiger charge is 2.22. The first-order valence-electron chi connectivity index (χ1n) is 6.33. The molecule has 1 heteroatoms. The van der Waals surface area contributed by atoms with Gasteiger partial charge >= 0.3 is 0 Å². The molecular formula is C13H28O. The molecule has 0 aromatic rings. The molecule has 0 radical (unpaired) electrons. The van der Waals surface area contributed by atoms with Gasteiger partial charge in [-0.2, -0.15) is 0 Å². The monoisotopic (exact) mass is 200 g/mol. The van der Waals surface area contributed by atoms with E-state index in [0.717, 1.165) is 24.7 Å². The minimum Gasteiger partial charge on any atom is -0.393 e. The highest BCUT2D eigenvalue weighted by atomic mass is 16.3. The summed E-state index contributed by atoms with van der Waals surface area (Å²) in [6.45, 7) is 8.85. The molecule has 0 spiro atoms. The van der Waals surface area contributed by atoms with Gasteiger partial charge < -0.3 is 5.11 Å². The molecule has 1 aliphatic rings. The minimum absolute atomic E-state index is 0.00954. The first kappa shape index (κ1) is 14.0. The van der Waals surface area contributed by atoms with Crippen molar-refractivity contribution < 1.29 is 5.11 Å². The van der Waals surface area contributed by atoms with Gasteiger partial charge in [0.05, 0.1) is 6.10 Å². The third-order valence-electron chi connectivity index (χ3n) is 3.19. The Balaban J connectivity index is 0.000000500. The zero-order valence-corrected chi connectivity index (χ0v) is 10.4. The first-order chi connectivity index (χ1) is 6.65. The van der Waals surface area contributed by atoms with E-state index in [1.807, 2.05) is 0 Å². The predicted octanol–water partition coefficient (Wildman–Crippen LogP) is 4.00. The van der Waals surface area contributed by atoms with Crippen LogP contribution in [0, 0.1) is 11.8 Å². The minimum atomic E-state index is 0.00954. The van der Waals surface area contributed by atoms with Crippen LogP contribution in [0.2, 0.25) is 0 Å². The molecule has 0 aromatic heterocycles. The van der Waals surface area contributed by atoms with Crippen molar-refractivity contribution in [2.45, 2.75) is 72.3 Å². The summed E-state index contributed by atoms with van der Waals surface area (Å²) in [7, 11) is 0. The van der Waals surface area contributed by atoms with E-state index in [4.69, 9.17) is 0 Å². The normalized spacial score (nSPS) is 28.9. The van der Waals surface area contributed by atoms with Gasteiger partial charge in [-0.05, 0) is 37.5 Å². The SMILES string of the molecule is CCC.CCC(C)C1CCC(O)CC1. The maximum absolute atomic E-state index is 9.28. The molecule has 0 heterocycles. The molecular weight excluding hydrogens is 172 g/mol. The smallest absolute Gasteiger partial charge is 0.0540 e. The van der Waals surface area contributed by atoms with Gasteiger partial charge in [-0.15, -0.1) is 0 Å². The average molecular weight is 200 g/mol. The zero-order valence-electron chi connectivity index (χ0n) is 10.4. The van der Waals surface area contributed by atoms with E-state index in [0.29, 0.717) is 0 Å². The van der Waals surface area contributed by atoms with Gasteiger partial charge in [0.25, 0.3) is 0 Å². The molecule has 1 aliphatic carbocycles. The Kier molecular flexibility index (Phi) is 8.26. The van der Waals surface area contributed by atoms with Gasteiger partial charge in [0.1, 0.15) is 0 Å². The van der Waals surface area contributed by atoms with Crippen LogP contribution in [0.4, 0.5) is 0 Å². The van der Waals surface area contributed by atoms with E-state index in [1.54, 1.807) is 0 Å². The summed E-state index contributed by atoms with van der Waals surface area (Å²) in [5, 5.41) is 9.28. The average Bonchev–Trinajstić information content (AvgIpc) is 2.19. The summed E-state index contributed by atoms with van der Waals surface area (Å²) >= 11 is 0. The Bertz CT molecular complexity index is 114. The quantitative estimate of drug-likeness (QED) is 0.714. The summed E-state index contributed by atoms with van der Waals surface area (Å²) in [4.78, 5) is 0. The lowest BCUT2D eigenvalue weighted by Gasteiger charge is -2.29. The molecule has 1 N–H and O–H groups in total. The van der Waals surface area contributed by atoms with Crippen LogP contribution in [0.3, 0.4) is 0 Å². The number of aliphatic hydroxyl groups is 1. The first-order valence-corrected chi connectivity index (χ1v) is 6.33. The van der Waals surface area contributed by atoms with Crippen molar-refractivity contribution in [2.75, 3.05) is 0 Å². The predicted molar refractivity (Wildman–Crippen MR) is 63.4 cm³/mol. The van der Waals surface area contributed by atoms with Crippen LogP contribution in [0.25, 0.3) is 0 Å². The van der Waals surface area contributed by atoms with Gasteiger partial charge in [-0.3, -0.25) is 0 Å². The number of rotatable bonds is 2. The Labute approximate surface area is 89.9 Å². The number of hydrogen-bond acceptors (Lipinski definition) is 1. The van der Waals surface area contributed by atoms with Crippen molar-refractivity contribution in [1.29, 1.82) is 0 Å². The molecule has 1 rings (SSSR count). The van der Waals surface area contributed by atoms with Crippen LogP contribution in [-0.2, 0) is 0 Å². The standard InChI is InChI=1S/C10H20O.C3H8/c1-3-8(2)9-4-6-10(11)7-5-9;1-3-2/h8-11H,3-7H2,1-2H3;3H2,1-2H3.